The van der Waals surface area contributed by atoms with Crippen molar-refractivity contribution >= 4 is 39.0 Å². The lowest BCUT2D eigenvalue weighted by Gasteiger charge is -2.30. The van der Waals surface area contributed by atoms with E-state index in [1.165, 1.54) is 4.31 Å². The fourth-order valence-corrected chi connectivity index (χ4v) is 5.67. The number of benzene rings is 1. The molecule has 0 unspecified atom stereocenters. The Morgan fingerprint density at radius 3 is 2.30 bits per heavy atom. The van der Waals surface area contributed by atoms with Gasteiger partial charge in [0, 0.05) is 31.6 Å². The Morgan fingerprint density at radius 1 is 1.15 bits per heavy atom. The molecule has 0 spiro atoms. The summed E-state index contributed by atoms with van der Waals surface area (Å²) in [5, 5.41) is 4.94. The molecule has 0 N–H and O–H groups in total. The third kappa shape index (κ3) is 3.78. The summed E-state index contributed by atoms with van der Waals surface area (Å²) in [6, 6.07) is 4.82. The molecule has 0 saturated carbocycles. The van der Waals surface area contributed by atoms with E-state index < -0.39 is 10.0 Å². The zero-order valence-corrected chi connectivity index (χ0v) is 17.7. The molecule has 0 amide bonds. The molecule has 0 atom stereocenters. The second-order valence-electron chi connectivity index (χ2n) is 6.80. The Kier molecular flexibility index (Phi) is 5.68. The molecule has 2 aromatic rings. The van der Waals surface area contributed by atoms with E-state index in [1.807, 2.05) is 0 Å². The van der Waals surface area contributed by atoms with Gasteiger partial charge in [-0.3, -0.25) is 9.48 Å². The van der Waals surface area contributed by atoms with Crippen molar-refractivity contribution in [1.82, 2.24) is 14.1 Å². The van der Waals surface area contributed by atoms with Crippen LogP contribution in [0, 0.1) is 19.8 Å². The predicted octanol–water partition coefficient (Wildman–Crippen LogP) is 3.63. The van der Waals surface area contributed by atoms with Crippen molar-refractivity contribution in [2.75, 3.05) is 13.1 Å². The summed E-state index contributed by atoms with van der Waals surface area (Å²) < 4.78 is 29.1. The molecule has 1 aliphatic heterocycles. The van der Waals surface area contributed by atoms with Crippen molar-refractivity contribution < 1.29 is 13.2 Å². The average molecular weight is 430 g/mol. The number of sulfonamides is 1. The van der Waals surface area contributed by atoms with Crippen LogP contribution in [0.25, 0.3) is 0 Å². The van der Waals surface area contributed by atoms with Crippen molar-refractivity contribution in [1.29, 1.82) is 0 Å². The van der Waals surface area contributed by atoms with Gasteiger partial charge in [0.25, 0.3) is 0 Å². The van der Waals surface area contributed by atoms with Gasteiger partial charge in [-0.15, -0.1) is 0 Å². The monoisotopic (exact) mass is 429 g/mol. The molecule has 1 saturated heterocycles. The van der Waals surface area contributed by atoms with Crippen LogP contribution in [0.2, 0.25) is 10.0 Å². The Morgan fingerprint density at radius 2 is 1.78 bits per heavy atom. The summed E-state index contributed by atoms with van der Waals surface area (Å²) in [6.45, 7) is 4.04. The lowest BCUT2D eigenvalue weighted by molar-refractivity contribution is 0.0875. The third-order valence-corrected chi connectivity index (χ3v) is 7.96. The van der Waals surface area contributed by atoms with Crippen LogP contribution in [0.5, 0.6) is 0 Å². The number of carbonyl (C=O) groups is 1. The second-order valence-corrected chi connectivity index (χ2v) is 9.48. The molecule has 2 heterocycles. The van der Waals surface area contributed by atoms with E-state index in [1.54, 1.807) is 43.8 Å². The fraction of sp³-hybridized carbons (Fsp3) is 0.444. The van der Waals surface area contributed by atoms with E-state index in [0.717, 1.165) is 0 Å². The highest BCUT2D eigenvalue weighted by molar-refractivity contribution is 7.89. The molecule has 1 aromatic heterocycles. The van der Waals surface area contributed by atoms with Crippen LogP contribution in [0.3, 0.4) is 0 Å². The normalized spacial score (nSPS) is 16.6. The molecule has 1 fully saturated rings. The fourth-order valence-electron chi connectivity index (χ4n) is 3.50. The van der Waals surface area contributed by atoms with E-state index in [2.05, 4.69) is 5.10 Å². The molecule has 1 aromatic carbocycles. The number of aromatic nitrogens is 2. The van der Waals surface area contributed by atoms with Crippen molar-refractivity contribution in [2.24, 2.45) is 13.0 Å². The van der Waals surface area contributed by atoms with Crippen molar-refractivity contribution in [3.8, 4) is 0 Å². The Hall–Kier alpha value is -1.41. The number of halogens is 2. The summed E-state index contributed by atoms with van der Waals surface area (Å²) in [6.07, 6.45) is 0.938. The van der Waals surface area contributed by atoms with E-state index in [4.69, 9.17) is 23.2 Å². The van der Waals surface area contributed by atoms with Gasteiger partial charge < -0.3 is 0 Å². The maximum Gasteiger partial charge on any atom is 0.246 e. The minimum atomic E-state index is -3.63. The van der Waals surface area contributed by atoms with Crippen molar-refractivity contribution in [3.63, 3.8) is 0 Å². The van der Waals surface area contributed by atoms with Gasteiger partial charge in [-0.05, 0) is 44.9 Å². The molecule has 146 valence electrons. The summed E-state index contributed by atoms with van der Waals surface area (Å²) >= 11 is 11.9. The quantitative estimate of drug-likeness (QED) is 0.695. The van der Waals surface area contributed by atoms with Crippen LogP contribution < -0.4 is 0 Å². The number of aryl methyl sites for hydroxylation is 2. The van der Waals surface area contributed by atoms with Gasteiger partial charge in [0.1, 0.15) is 4.90 Å². The maximum atomic E-state index is 13.0. The number of piperidine rings is 1. The highest BCUT2D eigenvalue weighted by Crippen LogP contribution is 2.30. The Labute approximate surface area is 169 Å². The SMILES string of the molecule is Cc1nn(C)c(C)c1S(=O)(=O)N1CCC(C(=O)c2ccc(Cl)c(Cl)c2)CC1. The van der Waals surface area contributed by atoms with Crippen LogP contribution in [0.15, 0.2) is 23.1 Å². The predicted molar refractivity (Wildman–Crippen MR) is 105 cm³/mol. The van der Waals surface area contributed by atoms with Crippen LogP contribution >= 0.6 is 23.2 Å². The number of ketones is 1. The number of hydrogen-bond donors (Lipinski definition) is 0. The molecule has 0 aliphatic carbocycles. The topological polar surface area (TPSA) is 72.3 Å². The lowest BCUT2D eigenvalue weighted by atomic mass is 9.90. The zero-order valence-electron chi connectivity index (χ0n) is 15.4. The number of Topliss-reactive ketones (excluding diaryl/α,β-unsaturated/α-hetero) is 1. The minimum absolute atomic E-state index is 0.0284. The summed E-state index contributed by atoms with van der Waals surface area (Å²) in [5.41, 5.74) is 1.61. The zero-order chi connectivity index (χ0) is 19.9. The lowest BCUT2D eigenvalue weighted by Crippen LogP contribution is -2.40. The average Bonchev–Trinajstić information content (AvgIpc) is 2.89. The number of rotatable bonds is 4. The number of nitrogens with zero attached hydrogens (tertiary/aromatic N) is 3. The van der Waals surface area contributed by atoms with Gasteiger partial charge in [-0.25, -0.2) is 8.42 Å². The smallest absolute Gasteiger partial charge is 0.246 e. The first-order valence-electron chi connectivity index (χ1n) is 8.62. The Bertz CT molecular complexity index is 994. The van der Waals surface area contributed by atoms with Crippen LogP contribution in [-0.2, 0) is 17.1 Å². The molecule has 3 rings (SSSR count). The highest BCUT2D eigenvalue weighted by atomic mass is 35.5. The first-order chi connectivity index (χ1) is 12.6. The van der Waals surface area contributed by atoms with Crippen LogP contribution in [0.4, 0.5) is 0 Å². The molecule has 6 nitrogen and oxygen atoms in total. The standard InChI is InChI=1S/C18H21Cl2N3O3S/c1-11-18(12(2)22(3)21-11)27(25,26)23-8-6-13(7-9-23)17(24)14-4-5-15(19)16(20)10-14/h4-5,10,13H,6-9H2,1-3H3. The highest BCUT2D eigenvalue weighted by Gasteiger charge is 2.35. The molecule has 0 radical (unpaired) electrons. The summed E-state index contributed by atoms with van der Waals surface area (Å²) in [5.74, 6) is -0.260. The first-order valence-corrected chi connectivity index (χ1v) is 10.8. The van der Waals surface area contributed by atoms with Gasteiger partial charge in [0.05, 0.1) is 21.4 Å². The number of hydrogen-bond acceptors (Lipinski definition) is 4. The largest absolute Gasteiger partial charge is 0.294 e. The summed E-state index contributed by atoms with van der Waals surface area (Å²) in [4.78, 5) is 13.0. The minimum Gasteiger partial charge on any atom is -0.294 e. The first kappa shape index (κ1) is 20.3. The van der Waals surface area contributed by atoms with E-state index in [0.29, 0.717) is 52.9 Å². The van der Waals surface area contributed by atoms with Crippen molar-refractivity contribution in [2.45, 2.75) is 31.6 Å². The van der Waals surface area contributed by atoms with E-state index >= 15 is 0 Å². The van der Waals surface area contributed by atoms with Crippen LogP contribution in [-0.4, -0.2) is 41.4 Å². The molecule has 27 heavy (non-hydrogen) atoms. The molecule has 9 heteroatoms. The third-order valence-electron chi connectivity index (χ3n) is 5.07. The summed E-state index contributed by atoms with van der Waals surface area (Å²) in [7, 11) is -1.90. The molecule has 1 aliphatic rings. The van der Waals surface area contributed by atoms with E-state index in [-0.39, 0.29) is 16.6 Å². The Balaban J connectivity index is 1.75. The maximum absolute atomic E-state index is 13.0. The van der Waals surface area contributed by atoms with Gasteiger partial charge in [-0.2, -0.15) is 9.40 Å². The van der Waals surface area contributed by atoms with Gasteiger partial charge in [0.2, 0.25) is 10.0 Å². The van der Waals surface area contributed by atoms with Gasteiger partial charge >= 0.3 is 0 Å². The van der Waals surface area contributed by atoms with Gasteiger partial charge in [0.15, 0.2) is 5.78 Å². The van der Waals surface area contributed by atoms with Gasteiger partial charge in [-0.1, -0.05) is 23.2 Å². The molecule has 0 bridgehead atoms. The molecular weight excluding hydrogens is 409 g/mol. The van der Waals surface area contributed by atoms with E-state index in [9.17, 15) is 13.2 Å². The number of carbonyl (C=O) groups excluding carboxylic acids is 1. The van der Waals surface area contributed by atoms with Crippen LogP contribution in [0.1, 0.15) is 34.6 Å². The second kappa shape index (κ2) is 7.54. The molecular formula is C18H21Cl2N3O3S. The van der Waals surface area contributed by atoms with Crippen molar-refractivity contribution in [3.05, 3.63) is 45.2 Å².